The molecule has 112 valence electrons. The van der Waals surface area contributed by atoms with E-state index in [0.717, 1.165) is 25.8 Å². The van der Waals surface area contributed by atoms with E-state index >= 15 is 0 Å². The smallest absolute Gasteiger partial charge is 0.236 e. The van der Waals surface area contributed by atoms with E-state index in [1.54, 1.807) is 6.92 Å². The second-order valence-corrected chi connectivity index (χ2v) is 5.47. The van der Waals surface area contributed by atoms with Gasteiger partial charge in [-0.25, -0.2) is 0 Å². The summed E-state index contributed by atoms with van der Waals surface area (Å²) in [6.07, 6.45) is 3.71. The lowest BCUT2D eigenvalue weighted by molar-refractivity contribution is -0.139. The number of nitrogens with zero attached hydrogens (tertiary/aromatic N) is 2. The molecule has 3 N–H and O–H groups in total. The Morgan fingerprint density at radius 3 is 2.32 bits per heavy atom. The molecule has 1 amide bonds. The molecule has 0 saturated heterocycles. The Morgan fingerprint density at radius 2 is 1.95 bits per heavy atom. The molecular formula is C14H29N3O2. The second-order valence-electron chi connectivity index (χ2n) is 5.47. The monoisotopic (exact) mass is 271 g/mol. The van der Waals surface area contributed by atoms with Crippen LogP contribution in [0.1, 0.15) is 60.3 Å². The lowest BCUT2D eigenvalue weighted by atomic mass is 9.84. The van der Waals surface area contributed by atoms with Crippen LogP contribution in [0.2, 0.25) is 0 Å². The lowest BCUT2D eigenvalue weighted by Gasteiger charge is -2.35. The van der Waals surface area contributed by atoms with E-state index in [1.807, 2.05) is 25.7 Å². The van der Waals surface area contributed by atoms with Gasteiger partial charge in [-0.3, -0.25) is 4.79 Å². The van der Waals surface area contributed by atoms with E-state index in [-0.39, 0.29) is 17.8 Å². The molecular weight excluding hydrogens is 242 g/mol. The van der Waals surface area contributed by atoms with Crippen molar-refractivity contribution in [1.29, 1.82) is 0 Å². The second kappa shape index (κ2) is 8.02. The molecule has 0 bridgehead atoms. The maximum absolute atomic E-state index is 12.7. The van der Waals surface area contributed by atoms with E-state index in [0.29, 0.717) is 6.42 Å². The summed E-state index contributed by atoms with van der Waals surface area (Å²) in [4.78, 5) is 14.5. The zero-order valence-corrected chi connectivity index (χ0v) is 12.9. The van der Waals surface area contributed by atoms with Crippen LogP contribution in [-0.2, 0) is 4.79 Å². The lowest BCUT2D eigenvalue weighted by Crippen LogP contribution is -2.51. The van der Waals surface area contributed by atoms with Crippen molar-refractivity contribution < 1.29 is 10.0 Å². The number of amidine groups is 1. The number of rotatable bonds is 8. The van der Waals surface area contributed by atoms with Crippen molar-refractivity contribution in [1.82, 2.24) is 4.90 Å². The zero-order valence-electron chi connectivity index (χ0n) is 12.9. The minimum Gasteiger partial charge on any atom is -0.409 e. The highest BCUT2D eigenvalue weighted by molar-refractivity contribution is 6.06. The summed E-state index contributed by atoms with van der Waals surface area (Å²) in [6.45, 7) is 10.4. The molecule has 0 aromatic heterocycles. The van der Waals surface area contributed by atoms with E-state index in [2.05, 4.69) is 12.1 Å². The van der Waals surface area contributed by atoms with Gasteiger partial charge < -0.3 is 15.8 Å². The Bertz CT molecular complexity index is 316. The predicted octanol–water partition coefficient (Wildman–Crippen LogP) is 2.58. The molecule has 0 spiro atoms. The molecule has 0 heterocycles. The van der Waals surface area contributed by atoms with Crippen LogP contribution in [-0.4, -0.2) is 34.4 Å². The average molecular weight is 271 g/mol. The summed E-state index contributed by atoms with van der Waals surface area (Å²) in [5.41, 5.74) is 4.78. The maximum Gasteiger partial charge on any atom is 0.236 e. The van der Waals surface area contributed by atoms with Crippen molar-refractivity contribution in [3.8, 4) is 0 Å². The highest BCUT2D eigenvalue weighted by Crippen LogP contribution is 2.26. The Labute approximate surface area is 116 Å². The van der Waals surface area contributed by atoms with Crippen LogP contribution in [0.4, 0.5) is 0 Å². The van der Waals surface area contributed by atoms with Gasteiger partial charge >= 0.3 is 0 Å². The highest BCUT2D eigenvalue weighted by Gasteiger charge is 2.40. The van der Waals surface area contributed by atoms with Crippen molar-refractivity contribution in [2.45, 2.75) is 66.3 Å². The molecule has 0 aromatic rings. The van der Waals surface area contributed by atoms with Crippen molar-refractivity contribution in [3.05, 3.63) is 0 Å². The molecule has 0 aliphatic rings. The number of hydrogen-bond acceptors (Lipinski definition) is 3. The number of oxime groups is 1. The molecule has 0 aliphatic carbocycles. The molecule has 0 rings (SSSR count). The van der Waals surface area contributed by atoms with Gasteiger partial charge in [-0.15, -0.1) is 0 Å². The minimum absolute atomic E-state index is 0.0128. The van der Waals surface area contributed by atoms with Crippen molar-refractivity contribution in [2.75, 3.05) is 6.54 Å². The normalized spacial score (nSPS) is 15.4. The Kier molecular flexibility index (Phi) is 7.49. The average Bonchev–Trinajstić information content (AvgIpc) is 2.40. The molecule has 1 atom stereocenters. The van der Waals surface area contributed by atoms with E-state index in [1.165, 1.54) is 0 Å². The van der Waals surface area contributed by atoms with Crippen LogP contribution in [0.5, 0.6) is 0 Å². The summed E-state index contributed by atoms with van der Waals surface area (Å²) < 4.78 is 0. The van der Waals surface area contributed by atoms with E-state index < -0.39 is 5.41 Å². The van der Waals surface area contributed by atoms with Crippen molar-refractivity contribution in [2.24, 2.45) is 16.3 Å². The van der Waals surface area contributed by atoms with Crippen LogP contribution in [0.25, 0.3) is 0 Å². The number of hydrogen-bond donors (Lipinski definition) is 2. The Morgan fingerprint density at radius 1 is 1.37 bits per heavy atom. The van der Waals surface area contributed by atoms with Gasteiger partial charge in [0.2, 0.25) is 5.91 Å². The van der Waals surface area contributed by atoms with Crippen molar-refractivity contribution in [3.63, 3.8) is 0 Å². The summed E-state index contributed by atoms with van der Waals surface area (Å²) >= 11 is 0. The van der Waals surface area contributed by atoms with Gasteiger partial charge in [0.25, 0.3) is 0 Å². The fraction of sp³-hybridized carbons (Fsp3) is 0.857. The van der Waals surface area contributed by atoms with Gasteiger partial charge in [0.15, 0.2) is 5.84 Å². The molecule has 1 unspecified atom stereocenters. The van der Waals surface area contributed by atoms with Crippen LogP contribution in [0.3, 0.4) is 0 Å². The topological polar surface area (TPSA) is 78.9 Å². The zero-order chi connectivity index (χ0) is 15.1. The largest absolute Gasteiger partial charge is 0.409 e. The van der Waals surface area contributed by atoms with Crippen LogP contribution < -0.4 is 5.73 Å². The molecule has 5 heteroatoms. The third kappa shape index (κ3) is 4.40. The first-order chi connectivity index (χ1) is 8.84. The van der Waals surface area contributed by atoms with Crippen LogP contribution >= 0.6 is 0 Å². The van der Waals surface area contributed by atoms with Crippen LogP contribution in [0, 0.1) is 5.41 Å². The quantitative estimate of drug-likeness (QED) is 0.234. The number of carbonyl (C=O) groups excluding carboxylic acids is 1. The summed E-state index contributed by atoms with van der Waals surface area (Å²) in [6, 6.07) is 0.113. The van der Waals surface area contributed by atoms with Gasteiger partial charge in [0, 0.05) is 12.6 Å². The molecule has 0 aliphatic heterocycles. The molecule has 19 heavy (non-hydrogen) atoms. The highest BCUT2D eigenvalue weighted by atomic mass is 16.4. The Balaban J connectivity index is 5.06. The van der Waals surface area contributed by atoms with Crippen molar-refractivity contribution >= 4 is 11.7 Å². The summed E-state index contributed by atoms with van der Waals surface area (Å²) in [5, 5.41) is 11.9. The third-order valence-electron chi connectivity index (χ3n) is 3.74. The van der Waals surface area contributed by atoms with Gasteiger partial charge in [0.1, 0.15) is 5.41 Å². The standard InChI is InChI=1S/C14H29N3O2/c1-6-8-9-10-17(11(3)4)13(18)14(5,7-2)12(15)16-19/h11,19H,6-10H2,1-5H3,(H2,15,16). The fourth-order valence-corrected chi connectivity index (χ4v) is 2.00. The third-order valence-corrected chi connectivity index (χ3v) is 3.74. The molecule has 0 radical (unpaired) electrons. The summed E-state index contributed by atoms with van der Waals surface area (Å²) in [7, 11) is 0. The number of unbranched alkanes of at least 4 members (excludes halogenated alkanes) is 2. The molecule has 0 aromatic carbocycles. The van der Waals surface area contributed by atoms with Gasteiger partial charge in [0.05, 0.1) is 0 Å². The van der Waals surface area contributed by atoms with Gasteiger partial charge in [-0.05, 0) is 33.6 Å². The number of nitrogens with two attached hydrogens (primary N) is 1. The fourth-order valence-electron chi connectivity index (χ4n) is 2.00. The Hall–Kier alpha value is -1.26. The van der Waals surface area contributed by atoms with Gasteiger partial charge in [-0.2, -0.15) is 0 Å². The summed E-state index contributed by atoms with van der Waals surface area (Å²) in [5.74, 6) is -0.0717. The van der Waals surface area contributed by atoms with Crippen LogP contribution in [0.15, 0.2) is 5.16 Å². The first-order valence-corrected chi connectivity index (χ1v) is 7.14. The number of amides is 1. The molecule has 5 nitrogen and oxygen atoms in total. The molecule has 0 saturated carbocycles. The molecule has 0 fully saturated rings. The van der Waals surface area contributed by atoms with E-state index in [4.69, 9.17) is 10.9 Å². The predicted molar refractivity (Wildman–Crippen MR) is 78.2 cm³/mol. The SMILES string of the molecule is CCCCCN(C(=O)C(C)(CC)C(N)=NO)C(C)C. The minimum atomic E-state index is -0.925. The number of carbonyl (C=O) groups is 1. The first kappa shape index (κ1) is 17.7. The van der Waals surface area contributed by atoms with E-state index in [9.17, 15) is 4.79 Å². The van der Waals surface area contributed by atoms with Gasteiger partial charge in [-0.1, -0.05) is 31.8 Å². The maximum atomic E-state index is 12.7. The first-order valence-electron chi connectivity index (χ1n) is 7.14.